The summed E-state index contributed by atoms with van der Waals surface area (Å²) >= 11 is 0. The van der Waals surface area contributed by atoms with Gasteiger partial charge in [-0.15, -0.1) is 0 Å². The topological polar surface area (TPSA) is 47.6 Å². The number of hydroxylamine groups is 1. The highest BCUT2D eigenvalue weighted by atomic mass is 16.7. The van der Waals surface area contributed by atoms with Crippen LogP contribution in [-0.4, -0.2) is 24.2 Å². The predicted octanol–water partition coefficient (Wildman–Crippen LogP) is 5.54. The summed E-state index contributed by atoms with van der Waals surface area (Å²) in [6.45, 7) is 9.60. The fourth-order valence-corrected chi connectivity index (χ4v) is 3.96. The molecule has 1 saturated heterocycles. The van der Waals surface area contributed by atoms with E-state index < -0.39 is 5.60 Å². The summed E-state index contributed by atoms with van der Waals surface area (Å²) in [5.74, 6) is 0.414. The van der Waals surface area contributed by atoms with E-state index in [-0.39, 0.29) is 18.0 Å². The third-order valence-electron chi connectivity index (χ3n) is 5.77. The first kappa shape index (κ1) is 22.6. The van der Waals surface area contributed by atoms with E-state index in [9.17, 15) is 4.79 Å². The van der Waals surface area contributed by atoms with Gasteiger partial charge in [-0.1, -0.05) is 70.9 Å². The molecule has 1 fully saturated rings. The monoisotopic (exact) mass is 387 g/mol. The number of unbranched alkanes of at least 4 members (excludes halogenated alkanes) is 1. The van der Waals surface area contributed by atoms with Crippen molar-refractivity contribution in [3.63, 3.8) is 0 Å². The average molecular weight is 388 g/mol. The lowest BCUT2D eigenvalue weighted by molar-refractivity contribution is -0.209. The van der Waals surface area contributed by atoms with Gasteiger partial charge in [0.05, 0.1) is 0 Å². The van der Waals surface area contributed by atoms with Gasteiger partial charge in [0.15, 0.2) is 0 Å². The summed E-state index contributed by atoms with van der Waals surface area (Å²) in [5, 5.41) is 0. The zero-order chi connectivity index (χ0) is 20.4. The first-order valence-corrected chi connectivity index (χ1v) is 10.8. The van der Waals surface area contributed by atoms with E-state index in [2.05, 4.69) is 33.2 Å². The Morgan fingerprint density at radius 1 is 1.36 bits per heavy atom. The second kappa shape index (κ2) is 11.4. The predicted molar refractivity (Wildman–Crippen MR) is 115 cm³/mol. The van der Waals surface area contributed by atoms with E-state index in [1.54, 1.807) is 0 Å². The molecule has 1 aromatic rings. The van der Waals surface area contributed by atoms with Crippen LogP contribution in [0, 0.1) is 11.8 Å². The third-order valence-corrected chi connectivity index (χ3v) is 5.77. The van der Waals surface area contributed by atoms with Crippen LogP contribution in [0.2, 0.25) is 0 Å². The molecule has 0 spiro atoms. The standard InChI is InChI=1S/C24H37NO3/c1-5-6-16-24(19(2)3)22(18-20(4)11-10-17-25-28-24)27-23(26)15-14-21-12-8-7-9-13-21/h7-9,12-15,19-20,22,25H,5-6,10-11,16-18H2,1-4H3/b15-14+. The smallest absolute Gasteiger partial charge is 0.331 e. The van der Waals surface area contributed by atoms with Crippen molar-refractivity contribution >= 4 is 12.0 Å². The first-order chi connectivity index (χ1) is 13.5. The van der Waals surface area contributed by atoms with Crippen LogP contribution in [0.1, 0.15) is 71.8 Å². The summed E-state index contributed by atoms with van der Waals surface area (Å²) in [4.78, 5) is 19.0. The Balaban J connectivity index is 2.22. The maximum absolute atomic E-state index is 12.7. The highest BCUT2D eigenvalue weighted by Crippen LogP contribution is 2.37. The van der Waals surface area contributed by atoms with Crippen molar-refractivity contribution in [3.05, 3.63) is 42.0 Å². The van der Waals surface area contributed by atoms with E-state index in [1.165, 1.54) is 6.08 Å². The van der Waals surface area contributed by atoms with Gasteiger partial charge in [0.25, 0.3) is 0 Å². The van der Waals surface area contributed by atoms with Gasteiger partial charge in [-0.3, -0.25) is 4.84 Å². The third kappa shape index (κ3) is 6.46. The molecule has 4 heteroatoms. The van der Waals surface area contributed by atoms with Crippen LogP contribution in [-0.2, 0) is 14.4 Å². The average Bonchev–Trinajstić information content (AvgIpc) is 2.75. The van der Waals surface area contributed by atoms with Crippen LogP contribution in [0.3, 0.4) is 0 Å². The van der Waals surface area contributed by atoms with Gasteiger partial charge in [-0.25, -0.2) is 10.3 Å². The normalized spacial score (nSPS) is 26.6. The van der Waals surface area contributed by atoms with Gasteiger partial charge in [-0.2, -0.15) is 0 Å². The number of hydrogen-bond acceptors (Lipinski definition) is 4. The molecule has 3 atom stereocenters. The number of hydrogen-bond donors (Lipinski definition) is 1. The fraction of sp³-hybridized carbons (Fsp3) is 0.625. The highest BCUT2D eigenvalue weighted by molar-refractivity contribution is 5.87. The number of ether oxygens (including phenoxy) is 1. The van der Waals surface area contributed by atoms with Gasteiger partial charge in [0.2, 0.25) is 0 Å². The van der Waals surface area contributed by atoms with Crippen LogP contribution >= 0.6 is 0 Å². The molecule has 0 aromatic heterocycles. The molecule has 0 aliphatic carbocycles. The quantitative estimate of drug-likeness (QED) is 0.493. The Bertz CT molecular complexity index is 614. The molecule has 2 rings (SSSR count). The second-order valence-corrected chi connectivity index (χ2v) is 8.36. The Kier molecular flexibility index (Phi) is 9.20. The van der Waals surface area contributed by atoms with Crippen molar-refractivity contribution in [3.8, 4) is 0 Å². The largest absolute Gasteiger partial charge is 0.456 e. The molecule has 0 saturated carbocycles. The number of carbonyl (C=O) groups is 1. The summed E-state index contributed by atoms with van der Waals surface area (Å²) < 4.78 is 6.06. The summed E-state index contributed by atoms with van der Waals surface area (Å²) in [7, 11) is 0. The number of carbonyl (C=O) groups excluding carboxylic acids is 1. The minimum Gasteiger partial charge on any atom is -0.456 e. The number of benzene rings is 1. The van der Waals surface area contributed by atoms with Crippen LogP contribution in [0.4, 0.5) is 0 Å². The molecule has 0 bridgehead atoms. The summed E-state index contributed by atoms with van der Waals surface area (Å²) in [6, 6.07) is 9.82. The zero-order valence-corrected chi connectivity index (χ0v) is 17.9. The molecule has 1 N–H and O–H groups in total. The highest BCUT2D eigenvalue weighted by Gasteiger charge is 2.46. The minimum atomic E-state index is -0.509. The Hall–Kier alpha value is -1.65. The van der Waals surface area contributed by atoms with E-state index in [0.29, 0.717) is 5.92 Å². The van der Waals surface area contributed by atoms with Crippen molar-refractivity contribution in [2.75, 3.05) is 6.54 Å². The molecule has 1 aliphatic rings. The Morgan fingerprint density at radius 3 is 2.79 bits per heavy atom. The van der Waals surface area contributed by atoms with Gasteiger partial charge >= 0.3 is 5.97 Å². The fourth-order valence-electron chi connectivity index (χ4n) is 3.96. The van der Waals surface area contributed by atoms with Crippen molar-refractivity contribution in [1.82, 2.24) is 5.48 Å². The minimum absolute atomic E-state index is 0.229. The second-order valence-electron chi connectivity index (χ2n) is 8.36. The Labute approximate surface area is 170 Å². The van der Waals surface area contributed by atoms with Crippen molar-refractivity contribution in [1.29, 1.82) is 0 Å². The molecule has 156 valence electrons. The molecule has 4 nitrogen and oxygen atoms in total. The van der Waals surface area contributed by atoms with Crippen molar-refractivity contribution in [2.24, 2.45) is 11.8 Å². The van der Waals surface area contributed by atoms with Crippen LogP contribution in [0.5, 0.6) is 0 Å². The number of esters is 1. The first-order valence-electron chi connectivity index (χ1n) is 10.8. The molecule has 0 amide bonds. The maximum Gasteiger partial charge on any atom is 0.331 e. The molecule has 0 radical (unpaired) electrons. The lowest BCUT2D eigenvalue weighted by atomic mass is 9.77. The van der Waals surface area contributed by atoms with E-state index in [0.717, 1.165) is 50.6 Å². The van der Waals surface area contributed by atoms with E-state index in [1.807, 2.05) is 36.4 Å². The van der Waals surface area contributed by atoms with E-state index in [4.69, 9.17) is 9.57 Å². The van der Waals surface area contributed by atoms with Crippen LogP contribution < -0.4 is 5.48 Å². The van der Waals surface area contributed by atoms with E-state index >= 15 is 0 Å². The zero-order valence-electron chi connectivity index (χ0n) is 17.9. The molecular formula is C24H37NO3. The molecule has 1 heterocycles. The van der Waals surface area contributed by atoms with Gasteiger partial charge < -0.3 is 4.74 Å². The molecule has 1 aromatic carbocycles. The van der Waals surface area contributed by atoms with Crippen molar-refractivity contribution < 1.29 is 14.4 Å². The molecule has 1 aliphatic heterocycles. The van der Waals surface area contributed by atoms with Gasteiger partial charge in [0, 0.05) is 12.6 Å². The summed E-state index contributed by atoms with van der Waals surface area (Å²) in [5.41, 5.74) is 3.66. The molecule has 28 heavy (non-hydrogen) atoms. The van der Waals surface area contributed by atoms with Gasteiger partial charge in [0.1, 0.15) is 11.7 Å². The lowest BCUT2D eigenvalue weighted by Gasteiger charge is -2.43. The van der Waals surface area contributed by atoms with Crippen LogP contribution in [0.15, 0.2) is 36.4 Å². The van der Waals surface area contributed by atoms with Crippen LogP contribution in [0.25, 0.3) is 6.08 Å². The molecular weight excluding hydrogens is 350 g/mol. The number of rotatable bonds is 7. The SMILES string of the molecule is CCCCC1(C(C)C)ONCCCC(C)CC1OC(=O)/C=C/c1ccccc1. The molecule has 3 unspecified atom stereocenters. The maximum atomic E-state index is 12.7. The lowest BCUT2D eigenvalue weighted by Crippen LogP contribution is -2.54. The Morgan fingerprint density at radius 2 is 2.11 bits per heavy atom. The van der Waals surface area contributed by atoms with Crippen molar-refractivity contribution in [2.45, 2.75) is 77.9 Å². The number of nitrogens with one attached hydrogen (secondary N) is 1. The van der Waals surface area contributed by atoms with Gasteiger partial charge in [-0.05, 0) is 49.2 Å². The summed E-state index contributed by atoms with van der Waals surface area (Å²) in [6.07, 6.45) is 9.07.